The number of nitrogen functional groups attached to an aromatic ring is 1. The van der Waals surface area contributed by atoms with Crippen LogP contribution >= 0.6 is 0 Å². The molecule has 1 fully saturated rings. The summed E-state index contributed by atoms with van der Waals surface area (Å²) >= 11 is 0. The molecule has 8 aromatic rings. The van der Waals surface area contributed by atoms with Crippen molar-refractivity contribution in [2.45, 2.75) is 55.7 Å². The van der Waals surface area contributed by atoms with Gasteiger partial charge in [0.1, 0.15) is 35.3 Å². The Labute approximate surface area is 353 Å². The third kappa shape index (κ3) is 6.39. The summed E-state index contributed by atoms with van der Waals surface area (Å²) in [6.45, 7) is 3.16. The fourth-order valence-corrected chi connectivity index (χ4v) is 9.25. The van der Waals surface area contributed by atoms with Gasteiger partial charge in [-0.3, -0.25) is 9.36 Å². The zero-order chi connectivity index (χ0) is 41.6. The molecule has 0 spiro atoms. The first kappa shape index (κ1) is 38.2. The van der Waals surface area contributed by atoms with Crippen LogP contribution in [0.5, 0.6) is 0 Å². The Morgan fingerprint density at radius 3 is 1.33 bits per heavy atom. The molecule has 1 saturated heterocycles. The Morgan fingerprint density at radius 2 is 0.951 bits per heavy atom. The van der Waals surface area contributed by atoms with E-state index in [4.69, 9.17) is 34.6 Å². The standard InChI is InChI=1S/C51H43N5O5/c1-33-53-46(52)41-47(54-33)56-48(55-41)44(58-34(2)57)42-43(60-50(35-21-9-3-10-22-35,36-23-11-4-12-24-36)37-25-13-5-14-26-37)45(49(56)59-42)61-51(38-27-15-6-16-28-38,39-29-17-7-18-30-39)40-31-19-8-20-32-40/h3-32,42-45,49H,1-2H3,(H2,52,53,54). The number of rotatable bonds is 11. The second-order valence-electron chi connectivity index (χ2n) is 15.4. The number of carbonyl (C=O) groups is 1. The first-order valence-electron chi connectivity index (χ1n) is 20.4. The van der Waals surface area contributed by atoms with Crippen LogP contribution in [0.4, 0.5) is 5.82 Å². The minimum Gasteiger partial charge on any atom is -0.451 e. The Balaban J connectivity index is 1.28. The highest BCUT2D eigenvalue weighted by Gasteiger charge is 2.62. The van der Waals surface area contributed by atoms with Gasteiger partial charge in [0.15, 0.2) is 35.1 Å². The number of esters is 1. The predicted molar refractivity (Wildman–Crippen MR) is 231 cm³/mol. The van der Waals surface area contributed by atoms with Gasteiger partial charge in [-0.2, -0.15) is 0 Å². The lowest BCUT2D eigenvalue weighted by molar-refractivity contribution is -0.176. The van der Waals surface area contributed by atoms with Crippen LogP contribution in [0.15, 0.2) is 182 Å². The molecule has 0 amide bonds. The highest BCUT2D eigenvalue weighted by atomic mass is 16.7. The van der Waals surface area contributed by atoms with E-state index in [1.807, 2.05) is 114 Å². The minimum atomic E-state index is -1.22. The molecule has 5 unspecified atom stereocenters. The Hall–Kier alpha value is -6.98. The zero-order valence-corrected chi connectivity index (χ0v) is 33.6. The van der Waals surface area contributed by atoms with Crippen LogP contribution in [0.1, 0.15) is 64.3 Å². The van der Waals surface area contributed by atoms with E-state index in [1.165, 1.54) is 6.92 Å². The van der Waals surface area contributed by atoms with Crippen LogP contribution in [0.25, 0.3) is 11.2 Å². The van der Waals surface area contributed by atoms with Crippen molar-refractivity contribution < 1.29 is 23.7 Å². The molecule has 10 nitrogen and oxygen atoms in total. The molecule has 10 heteroatoms. The summed E-state index contributed by atoms with van der Waals surface area (Å²) in [6, 6.07) is 61.1. The molecular formula is C51H43N5O5. The minimum absolute atomic E-state index is 0.204. The second kappa shape index (κ2) is 15.6. The van der Waals surface area contributed by atoms with Gasteiger partial charge in [-0.25, -0.2) is 15.0 Å². The van der Waals surface area contributed by atoms with Crippen molar-refractivity contribution in [2.75, 3.05) is 5.73 Å². The van der Waals surface area contributed by atoms with Crippen molar-refractivity contribution in [1.29, 1.82) is 0 Å². The molecule has 2 aliphatic rings. The summed E-state index contributed by atoms with van der Waals surface area (Å²) in [6.07, 6.45) is -4.72. The Morgan fingerprint density at radius 1 is 0.574 bits per heavy atom. The normalized spacial score (nSPS) is 19.7. The summed E-state index contributed by atoms with van der Waals surface area (Å²) < 4.78 is 31.3. The summed E-state index contributed by atoms with van der Waals surface area (Å²) in [7, 11) is 0. The van der Waals surface area contributed by atoms with Gasteiger partial charge in [0, 0.05) is 6.92 Å². The molecule has 2 bridgehead atoms. The summed E-state index contributed by atoms with van der Waals surface area (Å²) in [5.74, 6) is 0.546. The monoisotopic (exact) mass is 805 g/mol. The largest absolute Gasteiger partial charge is 0.451 e. The van der Waals surface area contributed by atoms with E-state index in [-0.39, 0.29) is 5.82 Å². The molecule has 0 aliphatic carbocycles. The maximum atomic E-state index is 13.2. The maximum absolute atomic E-state index is 13.2. The molecule has 0 radical (unpaired) electrons. The molecule has 5 atom stereocenters. The van der Waals surface area contributed by atoms with Gasteiger partial charge in [-0.15, -0.1) is 0 Å². The van der Waals surface area contributed by atoms with Gasteiger partial charge >= 0.3 is 5.97 Å². The van der Waals surface area contributed by atoms with Crippen molar-refractivity contribution in [3.63, 3.8) is 0 Å². The number of aromatic nitrogens is 4. The van der Waals surface area contributed by atoms with Crippen LogP contribution in [0, 0.1) is 6.92 Å². The molecule has 2 aliphatic heterocycles. The van der Waals surface area contributed by atoms with Gasteiger partial charge in [-0.1, -0.05) is 182 Å². The number of hydrogen-bond donors (Lipinski definition) is 1. The number of ether oxygens (including phenoxy) is 4. The van der Waals surface area contributed by atoms with Gasteiger partial charge in [-0.05, 0) is 40.3 Å². The zero-order valence-electron chi connectivity index (χ0n) is 33.6. The van der Waals surface area contributed by atoms with E-state index in [9.17, 15) is 4.79 Å². The molecule has 4 heterocycles. The molecule has 0 saturated carbocycles. The van der Waals surface area contributed by atoms with E-state index in [2.05, 4.69) is 77.8 Å². The fourth-order valence-electron chi connectivity index (χ4n) is 9.25. The maximum Gasteiger partial charge on any atom is 0.303 e. The number of nitrogens with zero attached hydrogens (tertiary/aromatic N) is 4. The van der Waals surface area contributed by atoms with Crippen LogP contribution < -0.4 is 5.73 Å². The van der Waals surface area contributed by atoms with E-state index in [1.54, 1.807) is 6.92 Å². The lowest BCUT2D eigenvalue weighted by atomic mass is 9.79. The van der Waals surface area contributed by atoms with E-state index < -0.39 is 47.8 Å². The van der Waals surface area contributed by atoms with Crippen molar-refractivity contribution >= 4 is 23.0 Å². The number of aryl methyl sites for hydroxylation is 1. The summed E-state index contributed by atoms with van der Waals surface area (Å²) in [4.78, 5) is 27.6. The summed E-state index contributed by atoms with van der Waals surface area (Å²) in [5, 5.41) is 0. The van der Waals surface area contributed by atoms with Crippen LogP contribution in [0.3, 0.4) is 0 Å². The Kier molecular flexibility index (Phi) is 9.75. The van der Waals surface area contributed by atoms with Crippen molar-refractivity contribution in [3.05, 3.63) is 227 Å². The SMILES string of the molecule is CC(=O)OC1c2nc3c(N)nc(C)nc3n2C2OC1C(OC(c1ccccc1)(c1ccccc1)c1ccccc1)C2OC(c1ccccc1)(c1ccccc1)c1ccccc1. The van der Waals surface area contributed by atoms with E-state index in [0.717, 1.165) is 33.4 Å². The van der Waals surface area contributed by atoms with Gasteiger partial charge in [0.2, 0.25) is 0 Å². The van der Waals surface area contributed by atoms with Crippen molar-refractivity contribution in [3.8, 4) is 0 Å². The number of imidazole rings is 1. The average molecular weight is 806 g/mol. The third-order valence-corrected chi connectivity index (χ3v) is 11.7. The number of hydrogen-bond acceptors (Lipinski definition) is 9. The molecule has 61 heavy (non-hydrogen) atoms. The highest BCUT2D eigenvalue weighted by Crippen LogP contribution is 2.54. The van der Waals surface area contributed by atoms with Gasteiger partial charge < -0.3 is 24.7 Å². The summed E-state index contributed by atoms with van der Waals surface area (Å²) in [5.41, 5.74) is 10.2. The first-order chi connectivity index (χ1) is 29.9. The average Bonchev–Trinajstić information content (AvgIpc) is 3.84. The molecule has 2 aromatic heterocycles. The van der Waals surface area contributed by atoms with Crippen molar-refractivity contribution in [2.24, 2.45) is 0 Å². The van der Waals surface area contributed by atoms with Gasteiger partial charge in [0.25, 0.3) is 0 Å². The Bertz CT molecular complexity index is 2600. The smallest absolute Gasteiger partial charge is 0.303 e. The van der Waals surface area contributed by atoms with Crippen LogP contribution in [-0.2, 0) is 34.9 Å². The fraction of sp³-hybridized carbons (Fsp3) is 0.176. The number of anilines is 1. The topological polar surface area (TPSA) is 124 Å². The number of nitrogens with two attached hydrogens (primary N) is 1. The van der Waals surface area contributed by atoms with Crippen LogP contribution in [0.2, 0.25) is 0 Å². The lowest BCUT2D eigenvalue weighted by Crippen LogP contribution is -2.49. The molecule has 10 rings (SSSR count). The second-order valence-corrected chi connectivity index (χ2v) is 15.4. The highest BCUT2D eigenvalue weighted by molar-refractivity contribution is 5.82. The molecule has 2 N–H and O–H groups in total. The van der Waals surface area contributed by atoms with Gasteiger partial charge in [0.05, 0.1) is 0 Å². The van der Waals surface area contributed by atoms with Crippen LogP contribution in [-0.4, -0.2) is 43.8 Å². The lowest BCUT2D eigenvalue weighted by Gasteiger charge is -2.43. The molecule has 302 valence electrons. The molecular weight excluding hydrogens is 763 g/mol. The molecule has 6 aromatic carbocycles. The number of fused-ring (bicyclic) bond motifs is 6. The predicted octanol–water partition coefficient (Wildman–Crippen LogP) is 8.99. The quantitative estimate of drug-likeness (QED) is 0.101. The number of carbonyl (C=O) groups excluding carboxylic acids is 1. The van der Waals surface area contributed by atoms with E-state index >= 15 is 0 Å². The first-order valence-corrected chi connectivity index (χ1v) is 20.4. The third-order valence-electron chi connectivity index (χ3n) is 11.7. The van der Waals surface area contributed by atoms with E-state index in [0.29, 0.717) is 22.8 Å². The number of benzene rings is 6. The van der Waals surface area contributed by atoms with Crippen molar-refractivity contribution in [1.82, 2.24) is 19.5 Å².